The molecule has 0 bridgehead atoms. The van der Waals surface area contributed by atoms with Gasteiger partial charge < -0.3 is 19.3 Å². The van der Waals surface area contributed by atoms with Crippen LogP contribution in [0.4, 0.5) is 0 Å². The molecule has 2 unspecified atom stereocenters. The van der Waals surface area contributed by atoms with E-state index in [0.717, 1.165) is 12.0 Å². The second-order valence-corrected chi connectivity index (χ2v) is 4.01. The van der Waals surface area contributed by atoms with Crippen LogP contribution < -0.4 is 4.74 Å². The topological polar surface area (TPSA) is 47.9 Å². The maximum atomic E-state index is 10.3. The second-order valence-electron chi connectivity index (χ2n) is 4.01. The second kappa shape index (κ2) is 8.08. The van der Waals surface area contributed by atoms with Gasteiger partial charge in [-0.3, -0.25) is 0 Å². The monoisotopic (exact) mass is 254 g/mol. The molecule has 2 atom stereocenters. The summed E-state index contributed by atoms with van der Waals surface area (Å²) in [6.07, 6.45) is -0.166. The molecule has 102 valence electrons. The average Bonchev–Trinajstić information content (AvgIpc) is 2.41. The number of benzene rings is 1. The van der Waals surface area contributed by atoms with Gasteiger partial charge in [0.25, 0.3) is 0 Å². The molecule has 0 fully saturated rings. The van der Waals surface area contributed by atoms with Gasteiger partial charge in [0.05, 0.1) is 12.7 Å². The van der Waals surface area contributed by atoms with Crippen LogP contribution in [0.5, 0.6) is 5.75 Å². The molecule has 4 heteroatoms. The maximum Gasteiger partial charge on any atom is 0.125 e. The highest BCUT2D eigenvalue weighted by Gasteiger charge is 2.21. The van der Waals surface area contributed by atoms with Crippen molar-refractivity contribution in [2.75, 3.05) is 27.4 Å². The highest BCUT2D eigenvalue weighted by atomic mass is 16.5. The van der Waals surface area contributed by atoms with Crippen molar-refractivity contribution in [1.82, 2.24) is 0 Å². The van der Waals surface area contributed by atoms with Crippen molar-refractivity contribution in [1.29, 1.82) is 0 Å². The first-order chi connectivity index (χ1) is 8.74. The van der Waals surface area contributed by atoms with Gasteiger partial charge in [-0.05, 0) is 12.5 Å². The lowest BCUT2D eigenvalue weighted by molar-refractivity contribution is -0.0162. The van der Waals surface area contributed by atoms with Crippen LogP contribution in [0.2, 0.25) is 0 Å². The van der Waals surface area contributed by atoms with E-state index in [1.54, 1.807) is 14.2 Å². The molecule has 0 spiro atoms. The lowest BCUT2D eigenvalue weighted by Gasteiger charge is -2.22. The number of ether oxygens (including phenoxy) is 3. The number of hydrogen-bond donors (Lipinski definition) is 1. The molecular weight excluding hydrogens is 232 g/mol. The van der Waals surface area contributed by atoms with Crippen LogP contribution >= 0.6 is 0 Å². The molecule has 1 rings (SSSR count). The zero-order valence-corrected chi connectivity index (χ0v) is 11.3. The smallest absolute Gasteiger partial charge is 0.125 e. The zero-order valence-electron chi connectivity index (χ0n) is 11.3. The number of rotatable bonds is 8. The summed E-state index contributed by atoms with van der Waals surface area (Å²) in [5, 5.41) is 10.3. The molecular formula is C14H22O4. The van der Waals surface area contributed by atoms with E-state index in [0.29, 0.717) is 19.0 Å². The Labute approximate surface area is 108 Å². The predicted molar refractivity (Wildman–Crippen MR) is 69.9 cm³/mol. The number of hydrogen-bond acceptors (Lipinski definition) is 4. The summed E-state index contributed by atoms with van der Waals surface area (Å²) in [5.74, 6) is 0.678. The summed E-state index contributed by atoms with van der Waals surface area (Å²) in [6, 6.07) is 7.46. The molecule has 0 saturated carbocycles. The Morgan fingerprint density at radius 2 is 1.89 bits per heavy atom. The molecule has 1 aromatic carbocycles. The molecule has 0 aromatic heterocycles. The number of methoxy groups -OCH3 is 2. The van der Waals surface area contributed by atoms with Crippen LogP contribution in [-0.4, -0.2) is 38.6 Å². The number of aliphatic hydroxyl groups excluding tert-OH is 1. The molecule has 1 aromatic rings. The quantitative estimate of drug-likeness (QED) is 0.722. The van der Waals surface area contributed by atoms with Gasteiger partial charge in [-0.2, -0.15) is 0 Å². The van der Waals surface area contributed by atoms with Gasteiger partial charge in [0, 0.05) is 19.8 Å². The summed E-state index contributed by atoms with van der Waals surface area (Å²) >= 11 is 0. The highest BCUT2D eigenvalue weighted by Crippen LogP contribution is 2.29. The standard InChI is InChI=1S/C14H22O4/c1-4-12(17-3)14(15)11-7-5-6-8-13(11)18-10-9-16-2/h5-8,12,14-15H,4,9-10H2,1-3H3. The van der Waals surface area contributed by atoms with Gasteiger partial charge >= 0.3 is 0 Å². The van der Waals surface area contributed by atoms with E-state index in [-0.39, 0.29) is 6.10 Å². The minimum Gasteiger partial charge on any atom is -0.491 e. The van der Waals surface area contributed by atoms with Crippen molar-refractivity contribution < 1.29 is 19.3 Å². The van der Waals surface area contributed by atoms with Crippen molar-refractivity contribution >= 4 is 0 Å². The van der Waals surface area contributed by atoms with Crippen molar-refractivity contribution in [3.8, 4) is 5.75 Å². The van der Waals surface area contributed by atoms with E-state index in [9.17, 15) is 5.11 Å². The predicted octanol–water partition coefficient (Wildman–Crippen LogP) is 2.17. The lowest BCUT2D eigenvalue weighted by Crippen LogP contribution is -2.20. The maximum absolute atomic E-state index is 10.3. The van der Waals surface area contributed by atoms with Crippen LogP contribution in [0.1, 0.15) is 25.0 Å². The normalized spacial score (nSPS) is 14.2. The Hall–Kier alpha value is -1.10. The van der Waals surface area contributed by atoms with Crippen molar-refractivity contribution in [2.45, 2.75) is 25.6 Å². The largest absolute Gasteiger partial charge is 0.491 e. The first-order valence-corrected chi connectivity index (χ1v) is 6.16. The summed E-state index contributed by atoms with van der Waals surface area (Å²) in [6.45, 7) is 2.96. The Morgan fingerprint density at radius 1 is 1.17 bits per heavy atom. The summed E-state index contributed by atoms with van der Waals surface area (Å²) in [7, 11) is 3.23. The van der Waals surface area contributed by atoms with Crippen LogP contribution in [0.3, 0.4) is 0 Å². The fraction of sp³-hybridized carbons (Fsp3) is 0.571. The molecule has 0 amide bonds. The SMILES string of the molecule is CCC(OC)C(O)c1ccccc1OCCOC. The van der Waals surface area contributed by atoms with Gasteiger partial charge in [-0.1, -0.05) is 25.1 Å². The van der Waals surface area contributed by atoms with Crippen LogP contribution in [-0.2, 0) is 9.47 Å². The Bertz CT molecular complexity index is 336. The fourth-order valence-electron chi connectivity index (χ4n) is 1.81. The van der Waals surface area contributed by atoms with Crippen LogP contribution in [0.15, 0.2) is 24.3 Å². The van der Waals surface area contributed by atoms with E-state index >= 15 is 0 Å². The summed E-state index contributed by atoms with van der Waals surface area (Å²) in [4.78, 5) is 0. The van der Waals surface area contributed by atoms with Crippen molar-refractivity contribution in [3.05, 3.63) is 29.8 Å². The molecule has 0 saturated heterocycles. The van der Waals surface area contributed by atoms with E-state index in [2.05, 4.69) is 0 Å². The van der Waals surface area contributed by atoms with E-state index in [1.165, 1.54) is 0 Å². The Kier molecular flexibility index (Phi) is 6.72. The first-order valence-electron chi connectivity index (χ1n) is 6.16. The van der Waals surface area contributed by atoms with Gasteiger partial charge in [0.2, 0.25) is 0 Å². The molecule has 18 heavy (non-hydrogen) atoms. The summed E-state index contributed by atoms with van der Waals surface area (Å²) in [5.41, 5.74) is 0.752. The number of aliphatic hydroxyl groups is 1. The van der Waals surface area contributed by atoms with Crippen molar-refractivity contribution in [3.63, 3.8) is 0 Å². The van der Waals surface area contributed by atoms with Gasteiger partial charge in [-0.25, -0.2) is 0 Å². The molecule has 1 N–H and O–H groups in total. The summed E-state index contributed by atoms with van der Waals surface area (Å²) < 4.78 is 15.8. The highest BCUT2D eigenvalue weighted by molar-refractivity contribution is 5.35. The molecule has 4 nitrogen and oxygen atoms in total. The third kappa shape index (κ3) is 3.98. The molecule has 0 heterocycles. The van der Waals surface area contributed by atoms with Crippen LogP contribution in [0, 0.1) is 0 Å². The van der Waals surface area contributed by atoms with Crippen molar-refractivity contribution in [2.24, 2.45) is 0 Å². The molecule has 0 radical (unpaired) electrons. The minimum atomic E-state index is -0.682. The minimum absolute atomic E-state index is 0.225. The number of para-hydroxylation sites is 1. The van der Waals surface area contributed by atoms with E-state index in [4.69, 9.17) is 14.2 Å². The molecule has 0 aliphatic carbocycles. The zero-order chi connectivity index (χ0) is 13.4. The van der Waals surface area contributed by atoms with Gasteiger partial charge in [-0.15, -0.1) is 0 Å². The van der Waals surface area contributed by atoms with E-state index < -0.39 is 6.10 Å². The molecule has 0 aliphatic heterocycles. The Morgan fingerprint density at radius 3 is 2.50 bits per heavy atom. The van der Waals surface area contributed by atoms with Gasteiger partial charge in [0.1, 0.15) is 18.5 Å². The fourth-order valence-corrected chi connectivity index (χ4v) is 1.81. The van der Waals surface area contributed by atoms with E-state index in [1.807, 2.05) is 31.2 Å². The van der Waals surface area contributed by atoms with Crippen LogP contribution in [0.25, 0.3) is 0 Å². The average molecular weight is 254 g/mol. The third-order valence-electron chi connectivity index (χ3n) is 2.84. The van der Waals surface area contributed by atoms with Gasteiger partial charge in [0.15, 0.2) is 0 Å². The molecule has 0 aliphatic rings. The third-order valence-corrected chi connectivity index (χ3v) is 2.84. The Balaban J connectivity index is 2.79. The first kappa shape index (κ1) is 15.0. The lowest BCUT2D eigenvalue weighted by atomic mass is 10.0.